The molecule has 0 aromatic carbocycles. The minimum absolute atomic E-state index is 0.864. The van der Waals surface area contributed by atoms with Crippen molar-refractivity contribution in [3.8, 4) is 0 Å². The van der Waals surface area contributed by atoms with Crippen LogP contribution in [-0.4, -0.2) is 9.60 Å². The second-order valence-electron chi connectivity index (χ2n) is 5.00. The van der Waals surface area contributed by atoms with Gasteiger partial charge in [0.25, 0.3) is 0 Å². The van der Waals surface area contributed by atoms with Gasteiger partial charge in [-0.05, 0) is 71.0 Å². The molecule has 0 spiro atoms. The van der Waals surface area contributed by atoms with Gasteiger partial charge in [-0.3, -0.25) is 0 Å². The third-order valence-corrected chi connectivity index (χ3v) is 5.25. The molecule has 2 nitrogen and oxygen atoms in total. The van der Waals surface area contributed by atoms with Gasteiger partial charge in [0.1, 0.15) is 4.62 Å². The lowest BCUT2D eigenvalue weighted by molar-refractivity contribution is 1.08. The molecule has 0 amide bonds. The molecule has 0 atom stereocenters. The number of nitrogens with one attached hydrogen (secondary N) is 1. The molecule has 2 rings (SSSR count). The first kappa shape index (κ1) is 15.8. The second kappa shape index (κ2) is 6.44. The lowest BCUT2D eigenvalue weighted by Gasteiger charge is -2.02. The number of halogens is 2. The maximum Gasteiger partial charge on any atom is 0.110 e. The maximum absolute atomic E-state index is 4.64. The topological polar surface area (TPSA) is 28.1 Å². The first-order chi connectivity index (χ1) is 9.53. The number of aliphatic imine (C=N–C) groups is 1. The van der Waals surface area contributed by atoms with Crippen molar-refractivity contribution in [1.29, 1.82) is 0 Å². The Hall–Kier alpha value is -0.610. The number of rotatable bonds is 4. The highest BCUT2D eigenvalue weighted by Crippen LogP contribution is 2.32. The standard InChI is InChI=1S/C16H20Br2N2/c1-5-11-9(3)13(19-15(11)8-17)7-14-12(6-2)10(4)16(18)20-14/h7,19H,5-6,8H2,1-4H3. The van der Waals surface area contributed by atoms with Crippen LogP contribution in [-0.2, 0) is 11.8 Å². The third kappa shape index (κ3) is 2.73. The zero-order chi connectivity index (χ0) is 14.9. The minimum atomic E-state index is 0.864. The fourth-order valence-electron chi connectivity index (χ4n) is 2.73. The SMILES string of the molecule is CCC1=C(C)C(Br)=NC1=Cc1[nH]c(CBr)c(CC)c1C. The van der Waals surface area contributed by atoms with E-state index in [9.17, 15) is 0 Å². The Bertz CT molecular complexity index is 619. The molecule has 1 aromatic rings. The molecule has 0 fully saturated rings. The van der Waals surface area contributed by atoms with Gasteiger partial charge in [0.2, 0.25) is 0 Å². The predicted octanol–water partition coefficient (Wildman–Crippen LogP) is 5.65. The molecule has 1 aliphatic rings. The van der Waals surface area contributed by atoms with Gasteiger partial charge in [-0.2, -0.15) is 0 Å². The predicted molar refractivity (Wildman–Crippen MR) is 94.9 cm³/mol. The highest BCUT2D eigenvalue weighted by Gasteiger charge is 2.18. The van der Waals surface area contributed by atoms with Crippen LogP contribution < -0.4 is 0 Å². The molecule has 0 saturated heterocycles. The summed E-state index contributed by atoms with van der Waals surface area (Å²) in [6, 6.07) is 0. The Morgan fingerprint density at radius 2 is 1.90 bits per heavy atom. The molecular formula is C16H20Br2N2. The summed E-state index contributed by atoms with van der Waals surface area (Å²) in [6.45, 7) is 8.68. The Kier molecular flexibility index (Phi) is 5.08. The summed E-state index contributed by atoms with van der Waals surface area (Å²) in [5.41, 5.74) is 8.84. The lowest BCUT2D eigenvalue weighted by atomic mass is 10.0. The number of alkyl halides is 1. The van der Waals surface area contributed by atoms with Crippen LogP contribution in [0.2, 0.25) is 0 Å². The summed E-state index contributed by atoms with van der Waals surface area (Å²) in [5.74, 6) is 0. The molecule has 20 heavy (non-hydrogen) atoms. The van der Waals surface area contributed by atoms with Crippen molar-refractivity contribution in [3.05, 3.63) is 39.4 Å². The van der Waals surface area contributed by atoms with E-state index in [2.05, 4.69) is 75.6 Å². The first-order valence-corrected chi connectivity index (χ1v) is 8.87. The molecule has 1 aliphatic heterocycles. The number of aromatic nitrogens is 1. The van der Waals surface area contributed by atoms with Crippen molar-refractivity contribution in [3.63, 3.8) is 0 Å². The minimum Gasteiger partial charge on any atom is -0.358 e. The smallest absolute Gasteiger partial charge is 0.110 e. The van der Waals surface area contributed by atoms with Crippen LogP contribution in [0.25, 0.3) is 6.08 Å². The van der Waals surface area contributed by atoms with E-state index in [1.165, 1.54) is 33.7 Å². The summed E-state index contributed by atoms with van der Waals surface area (Å²) >= 11 is 7.10. The average molecular weight is 400 g/mol. The maximum atomic E-state index is 4.64. The van der Waals surface area contributed by atoms with E-state index in [-0.39, 0.29) is 0 Å². The Balaban J connectivity index is 2.50. The normalized spacial score (nSPS) is 17.3. The van der Waals surface area contributed by atoms with Crippen LogP contribution in [0.4, 0.5) is 0 Å². The molecule has 0 radical (unpaired) electrons. The lowest BCUT2D eigenvalue weighted by Crippen LogP contribution is -1.87. The fourth-order valence-corrected chi connectivity index (χ4v) is 3.64. The van der Waals surface area contributed by atoms with E-state index in [1.807, 2.05) is 0 Å². The van der Waals surface area contributed by atoms with Crippen LogP contribution in [0.3, 0.4) is 0 Å². The van der Waals surface area contributed by atoms with Gasteiger partial charge in [0.15, 0.2) is 0 Å². The quantitative estimate of drug-likeness (QED) is 0.633. The van der Waals surface area contributed by atoms with Crippen LogP contribution in [0.5, 0.6) is 0 Å². The van der Waals surface area contributed by atoms with Crippen LogP contribution in [0.1, 0.15) is 49.7 Å². The zero-order valence-corrected chi connectivity index (χ0v) is 15.6. The summed E-state index contributed by atoms with van der Waals surface area (Å²) in [7, 11) is 0. The molecule has 1 aromatic heterocycles. The second-order valence-corrected chi connectivity index (χ2v) is 6.31. The van der Waals surface area contributed by atoms with E-state index in [4.69, 9.17) is 0 Å². The van der Waals surface area contributed by atoms with Crippen molar-refractivity contribution in [2.24, 2.45) is 4.99 Å². The molecule has 0 aliphatic carbocycles. The summed E-state index contributed by atoms with van der Waals surface area (Å²) in [6.07, 6.45) is 4.23. The number of H-pyrrole nitrogens is 1. The summed E-state index contributed by atoms with van der Waals surface area (Å²) < 4.78 is 0.959. The number of nitrogens with zero attached hydrogens (tertiary/aromatic N) is 1. The van der Waals surface area contributed by atoms with Crippen molar-refractivity contribution in [2.75, 3.05) is 0 Å². The van der Waals surface area contributed by atoms with E-state index in [1.54, 1.807) is 0 Å². The van der Waals surface area contributed by atoms with Gasteiger partial charge >= 0.3 is 0 Å². The van der Waals surface area contributed by atoms with Gasteiger partial charge in [0, 0.05) is 16.7 Å². The Labute approximate surface area is 137 Å². The van der Waals surface area contributed by atoms with E-state index in [0.717, 1.165) is 28.5 Å². The molecule has 0 bridgehead atoms. The van der Waals surface area contributed by atoms with Crippen molar-refractivity contribution in [1.82, 2.24) is 4.98 Å². The van der Waals surface area contributed by atoms with Crippen molar-refractivity contribution >= 4 is 42.6 Å². The van der Waals surface area contributed by atoms with E-state index >= 15 is 0 Å². The zero-order valence-electron chi connectivity index (χ0n) is 12.4. The number of hydrogen-bond acceptors (Lipinski definition) is 1. The van der Waals surface area contributed by atoms with E-state index < -0.39 is 0 Å². The molecule has 2 heterocycles. The van der Waals surface area contributed by atoms with Gasteiger partial charge < -0.3 is 4.98 Å². The molecule has 108 valence electrons. The van der Waals surface area contributed by atoms with Crippen LogP contribution in [0, 0.1) is 6.92 Å². The number of allylic oxidation sites excluding steroid dienone is 2. The average Bonchev–Trinajstić information content (AvgIpc) is 2.88. The van der Waals surface area contributed by atoms with Crippen molar-refractivity contribution < 1.29 is 0 Å². The van der Waals surface area contributed by atoms with Crippen LogP contribution >= 0.6 is 31.9 Å². The first-order valence-electron chi connectivity index (χ1n) is 6.96. The van der Waals surface area contributed by atoms with Gasteiger partial charge in [-0.1, -0.05) is 29.8 Å². The highest BCUT2D eigenvalue weighted by atomic mass is 79.9. The van der Waals surface area contributed by atoms with Gasteiger partial charge in [-0.25, -0.2) is 4.99 Å². The van der Waals surface area contributed by atoms with Crippen LogP contribution in [0.15, 0.2) is 21.8 Å². The third-order valence-electron chi connectivity index (χ3n) is 3.92. The monoisotopic (exact) mass is 398 g/mol. The number of aromatic amines is 1. The molecule has 0 unspecified atom stereocenters. The number of hydrogen-bond donors (Lipinski definition) is 1. The molecule has 1 N–H and O–H groups in total. The van der Waals surface area contributed by atoms with Crippen molar-refractivity contribution in [2.45, 2.75) is 45.9 Å². The largest absolute Gasteiger partial charge is 0.358 e. The Morgan fingerprint density at radius 3 is 2.40 bits per heavy atom. The summed E-state index contributed by atoms with van der Waals surface area (Å²) in [4.78, 5) is 8.16. The Morgan fingerprint density at radius 1 is 1.20 bits per heavy atom. The van der Waals surface area contributed by atoms with E-state index in [0.29, 0.717) is 0 Å². The van der Waals surface area contributed by atoms with Gasteiger partial charge in [-0.15, -0.1) is 0 Å². The van der Waals surface area contributed by atoms with Gasteiger partial charge in [0.05, 0.1) is 5.70 Å². The molecule has 0 saturated carbocycles. The fraction of sp³-hybridized carbons (Fsp3) is 0.438. The summed E-state index contributed by atoms with van der Waals surface area (Å²) in [5, 5.41) is 0.864. The molecular weight excluding hydrogens is 380 g/mol. The molecule has 4 heteroatoms. The highest BCUT2D eigenvalue weighted by molar-refractivity contribution is 9.18.